The highest BCUT2D eigenvalue weighted by atomic mass is 16.5. The fourth-order valence-electron chi connectivity index (χ4n) is 1.93. The number of anilines is 2. The van der Waals surface area contributed by atoms with Crippen molar-refractivity contribution in [1.29, 1.82) is 0 Å². The van der Waals surface area contributed by atoms with Gasteiger partial charge in [0.05, 0.1) is 12.8 Å². The first kappa shape index (κ1) is 13.4. The molecule has 0 aliphatic rings. The minimum absolute atomic E-state index is 0.00665. The van der Waals surface area contributed by atoms with Gasteiger partial charge in [0.1, 0.15) is 11.6 Å². The van der Waals surface area contributed by atoms with Crippen molar-refractivity contribution < 1.29 is 4.74 Å². The van der Waals surface area contributed by atoms with E-state index in [1.54, 1.807) is 13.3 Å². The van der Waals surface area contributed by atoms with E-state index in [0.717, 1.165) is 22.8 Å². The molecule has 0 aliphatic carbocycles. The molecule has 0 aliphatic heterocycles. The van der Waals surface area contributed by atoms with Crippen LogP contribution in [0.5, 0.6) is 5.75 Å². The topological polar surface area (TPSA) is 51.4 Å². The van der Waals surface area contributed by atoms with Gasteiger partial charge in [0.25, 0.3) is 0 Å². The van der Waals surface area contributed by atoms with Crippen molar-refractivity contribution in [2.45, 2.75) is 13.0 Å². The van der Waals surface area contributed by atoms with Crippen LogP contribution in [0.25, 0.3) is 0 Å². The van der Waals surface area contributed by atoms with E-state index in [-0.39, 0.29) is 6.04 Å². The van der Waals surface area contributed by atoms with Crippen molar-refractivity contribution in [2.75, 3.05) is 19.1 Å². The second kappa shape index (κ2) is 5.71. The summed E-state index contributed by atoms with van der Waals surface area (Å²) in [6.45, 7) is 1.96. The van der Waals surface area contributed by atoms with E-state index in [1.165, 1.54) is 0 Å². The molecule has 2 aromatic rings. The SMILES string of the molecule is COc1ccccc1N(C)c1cc([C@@H](C)N)ccn1. The highest BCUT2D eigenvalue weighted by molar-refractivity contribution is 5.66. The molecule has 0 spiro atoms. The molecular weight excluding hydrogens is 238 g/mol. The van der Waals surface area contributed by atoms with Gasteiger partial charge in [0, 0.05) is 19.3 Å². The molecule has 0 amide bonds. The Morgan fingerprint density at radius 3 is 2.68 bits per heavy atom. The van der Waals surface area contributed by atoms with Crippen LogP contribution in [0.15, 0.2) is 42.6 Å². The number of para-hydroxylation sites is 2. The van der Waals surface area contributed by atoms with E-state index in [2.05, 4.69) is 4.98 Å². The number of rotatable bonds is 4. The molecule has 0 saturated carbocycles. The number of nitrogens with zero attached hydrogens (tertiary/aromatic N) is 2. The lowest BCUT2D eigenvalue weighted by atomic mass is 10.1. The van der Waals surface area contributed by atoms with E-state index in [9.17, 15) is 0 Å². The second-order valence-electron chi connectivity index (χ2n) is 4.47. The average Bonchev–Trinajstić information content (AvgIpc) is 2.46. The standard InChI is InChI=1S/C15H19N3O/c1-11(16)12-8-9-17-15(10-12)18(2)13-6-4-5-7-14(13)19-3/h4-11H,16H2,1-3H3/t11-/m1/s1. The van der Waals surface area contributed by atoms with Crippen molar-refractivity contribution in [3.8, 4) is 5.75 Å². The van der Waals surface area contributed by atoms with Crippen LogP contribution in [0.1, 0.15) is 18.5 Å². The Morgan fingerprint density at radius 2 is 2.00 bits per heavy atom. The molecule has 2 N–H and O–H groups in total. The molecule has 4 heteroatoms. The van der Waals surface area contributed by atoms with Crippen LogP contribution in [0.2, 0.25) is 0 Å². The Hall–Kier alpha value is -2.07. The van der Waals surface area contributed by atoms with Gasteiger partial charge in [-0.15, -0.1) is 0 Å². The zero-order valence-corrected chi connectivity index (χ0v) is 11.5. The Morgan fingerprint density at radius 1 is 1.26 bits per heavy atom. The largest absolute Gasteiger partial charge is 0.495 e. The summed E-state index contributed by atoms with van der Waals surface area (Å²) in [5.74, 6) is 1.66. The molecule has 0 radical (unpaired) electrons. The number of pyridine rings is 1. The summed E-state index contributed by atoms with van der Waals surface area (Å²) >= 11 is 0. The molecule has 1 heterocycles. The second-order valence-corrected chi connectivity index (χ2v) is 4.47. The zero-order valence-electron chi connectivity index (χ0n) is 11.5. The summed E-state index contributed by atoms with van der Waals surface area (Å²) < 4.78 is 5.37. The van der Waals surface area contributed by atoms with Crippen LogP contribution >= 0.6 is 0 Å². The third-order valence-electron chi connectivity index (χ3n) is 3.09. The number of ether oxygens (including phenoxy) is 1. The van der Waals surface area contributed by atoms with Gasteiger partial charge < -0.3 is 15.4 Å². The number of benzene rings is 1. The summed E-state index contributed by atoms with van der Waals surface area (Å²) in [4.78, 5) is 6.38. The van der Waals surface area contributed by atoms with Gasteiger partial charge in [-0.25, -0.2) is 4.98 Å². The van der Waals surface area contributed by atoms with Gasteiger partial charge in [0.2, 0.25) is 0 Å². The highest BCUT2D eigenvalue weighted by Gasteiger charge is 2.11. The number of hydrogen-bond donors (Lipinski definition) is 1. The first-order valence-corrected chi connectivity index (χ1v) is 6.21. The summed E-state index contributed by atoms with van der Waals surface area (Å²) in [5.41, 5.74) is 7.94. The van der Waals surface area contributed by atoms with Crippen LogP contribution in [0.3, 0.4) is 0 Å². The summed E-state index contributed by atoms with van der Waals surface area (Å²) in [7, 11) is 3.63. The Balaban J connectivity index is 2.38. The minimum Gasteiger partial charge on any atom is -0.495 e. The lowest BCUT2D eigenvalue weighted by molar-refractivity contribution is 0.415. The van der Waals surface area contributed by atoms with Crippen molar-refractivity contribution in [1.82, 2.24) is 4.98 Å². The number of nitrogens with two attached hydrogens (primary N) is 1. The Kier molecular flexibility index (Phi) is 4.02. The predicted octanol–water partition coefficient (Wildman–Crippen LogP) is 2.88. The van der Waals surface area contributed by atoms with Gasteiger partial charge >= 0.3 is 0 Å². The van der Waals surface area contributed by atoms with Gasteiger partial charge in [-0.05, 0) is 36.8 Å². The van der Waals surface area contributed by atoms with Gasteiger partial charge in [-0.3, -0.25) is 0 Å². The maximum Gasteiger partial charge on any atom is 0.142 e. The van der Waals surface area contributed by atoms with Crippen LogP contribution in [0, 0.1) is 0 Å². The van der Waals surface area contributed by atoms with E-state index in [1.807, 2.05) is 55.3 Å². The van der Waals surface area contributed by atoms with Crippen LogP contribution < -0.4 is 15.4 Å². The van der Waals surface area contributed by atoms with E-state index in [4.69, 9.17) is 10.5 Å². The minimum atomic E-state index is -0.00665. The first-order valence-electron chi connectivity index (χ1n) is 6.21. The van der Waals surface area contributed by atoms with Gasteiger partial charge in [-0.2, -0.15) is 0 Å². The van der Waals surface area contributed by atoms with Crippen molar-refractivity contribution in [3.05, 3.63) is 48.2 Å². The molecule has 0 unspecified atom stereocenters. The first-order chi connectivity index (χ1) is 9.13. The summed E-state index contributed by atoms with van der Waals surface area (Å²) in [6, 6.07) is 11.8. The van der Waals surface area contributed by atoms with Crippen LogP contribution in [-0.2, 0) is 0 Å². The lowest BCUT2D eigenvalue weighted by Gasteiger charge is -2.21. The van der Waals surface area contributed by atoms with Gasteiger partial charge in [0.15, 0.2) is 0 Å². The van der Waals surface area contributed by atoms with Gasteiger partial charge in [-0.1, -0.05) is 12.1 Å². The molecule has 0 saturated heterocycles. The summed E-state index contributed by atoms with van der Waals surface area (Å²) in [5, 5.41) is 0. The quantitative estimate of drug-likeness (QED) is 0.915. The maximum absolute atomic E-state index is 5.91. The fourth-order valence-corrected chi connectivity index (χ4v) is 1.93. The lowest BCUT2D eigenvalue weighted by Crippen LogP contribution is -2.13. The third kappa shape index (κ3) is 2.85. The predicted molar refractivity (Wildman–Crippen MR) is 77.9 cm³/mol. The normalized spacial score (nSPS) is 12.0. The number of methoxy groups -OCH3 is 1. The van der Waals surface area contributed by atoms with E-state index >= 15 is 0 Å². The van der Waals surface area contributed by atoms with Crippen LogP contribution in [-0.4, -0.2) is 19.1 Å². The molecule has 4 nitrogen and oxygen atoms in total. The van der Waals surface area contributed by atoms with E-state index in [0.29, 0.717) is 0 Å². The molecule has 1 atom stereocenters. The Labute approximate surface area is 113 Å². The maximum atomic E-state index is 5.91. The smallest absolute Gasteiger partial charge is 0.142 e. The average molecular weight is 257 g/mol. The van der Waals surface area contributed by atoms with E-state index < -0.39 is 0 Å². The third-order valence-corrected chi connectivity index (χ3v) is 3.09. The van der Waals surface area contributed by atoms with Crippen molar-refractivity contribution in [2.24, 2.45) is 5.73 Å². The number of hydrogen-bond acceptors (Lipinski definition) is 4. The van der Waals surface area contributed by atoms with Crippen LogP contribution in [0.4, 0.5) is 11.5 Å². The fraction of sp³-hybridized carbons (Fsp3) is 0.267. The zero-order chi connectivity index (χ0) is 13.8. The van der Waals surface area contributed by atoms with Crippen molar-refractivity contribution >= 4 is 11.5 Å². The monoisotopic (exact) mass is 257 g/mol. The highest BCUT2D eigenvalue weighted by Crippen LogP contribution is 2.31. The Bertz CT molecular complexity index is 555. The molecular formula is C15H19N3O. The van der Waals surface area contributed by atoms with Crippen molar-refractivity contribution in [3.63, 3.8) is 0 Å². The molecule has 19 heavy (non-hydrogen) atoms. The summed E-state index contributed by atoms with van der Waals surface area (Å²) in [6.07, 6.45) is 1.78. The molecule has 0 fully saturated rings. The molecule has 1 aromatic carbocycles. The number of aromatic nitrogens is 1. The molecule has 0 bridgehead atoms. The molecule has 2 rings (SSSR count). The molecule has 100 valence electrons. The molecule has 1 aromatic heterocycles.